The highest BCUT2D eigenvalue weighted by Crippen LogP contribution is 2.34. The SMILES string of the molecule is CSCC(C)(C)c1ccc(C(N)=O)c(C(=O)Nc2ccc(Cn3nnn(-c4ccc(C(F)(F)F)cc4)c3=O)cc2C)c1I. The Hall–Kier alpha value is -3.66. The fourth-order valence-corrected chi connectivity index (χ4v) is 6.94. The Morgan fingerprint density at radius 3 is 2.30 bits per heavy atom. The van der Waals surface area contributed by atoms with E-state index in [1.807, 2.05) is 12.3 Å². The van der Waals surface area contributed by atoms with Gasteiger partial charge in [0.05, 0.1) is 28.9 Å². The molecule has 3 aromatic carbocycles. The zero-order valence-corrected chi connectivity index (χ0v) is 26.6. The number of tetrazole rings is 1. The number of anilines is 1. The first-order valence-electron chi connectivity index (χ1n) is 12.9. The average Bonchev–Trinajstić information content (AvgIpc) is 3.28. The Bertz CT molecular complexity index is 1750. The minimum absolute atomic E-state index is 0.0326. The van der Waals surface area contributed by atoms with Crippen LogP contribution < -0.4 is 16.7 Å². The topological polar surface area (TPSA) is 125 Å². The first-order valence-corrected chi connectivity index (χ1v) is 15.3. The van der Waals surface area contributed by atoms with Crippen molar-refractivity contribution in [1.82, 2.24) is 19.8 Å². The molecule has 3 N–H and O–H groups in total. The van der Waals surface area contributed by atoms with Crippen LogP contribution in [0.2, 0.25) is 0 Å². The summed E-state index contributed by atoms with van der Waals surface area (Å²) in [5, 5.41) is 10.5. The van der Waals surface area contributed by atoms with E-state index in [0.717, 1.165) is 44.9 Å². The van der Waals surface area contributed by atoms with E-state index < -0.39 is 29.2 Å². The second kappa shape index (κ2) is 12.5. The molecule has 0 atom stereocenters. The zero-order valence-electron chi connectivity index (χ0n) is 23.6. The highest BCUT2D eigenvalue weighted by atomic mass is 127. The molecule has 0 unspecified atom stereocenters. The van der Waals surface area contributed by atoms with Crippen LogP contribution in [-0.4, -0.2) is 43.6 Å². The van der Waals surface area contributed by atoms with Gasteiger partial charge in [0.2, 0.25) is 5.91 Å². The number of amides is 2. The van der Waals surface area contributed by atoms with Gasteiger partial charge in [0.15, 0.2) is 0 Å². The van der Waals surface area contributed by atoms with Crippen LogP contribution in [0.25, 0.3) is 5.69 Å². The molecule has 0 aliphatic rings. The standard InChI is InChI=1S/C29H28F3IN6O3S/c1-16-13-17(14-38-27(42)39(37-36-38)19-8-6-18(7-9-19)29(30,31)32)5-12-22(16)35-26(41)23-20(25(34)40)10-11-21(24(23)33)28(2,3)15-43-4/h5-13H,14-15H2,1-4H3,(H2,34,40)(H,35,41). The molecular formula is C29H28F3IN6O3S. The number of primary amides is 1. The minimum atomic E-state index is -4.50. The van der Waals surface area contributed by atoms with Gasteiger partial charge in [-0.15, -0.1) is 0 Å². The van der Waals surface area contributed by atoms with Crippen LogP contribution in [0.15, 0.2) is 59.4 Å². The average molecular weight is 725 g/mol. The van der Waals surface area contributed by atoms with Gasteiger partial charge in [-0.25, -0.2) is 4.79 Å². The van der Waals surface area contributed by atoms with Crippen LogP contribution in [0.4, 0.5) is 18.9 Å². The number of carbonyl (C=O) groups excluding carboxylic acids is 2. The molecule has 1 aromatic heterocycles. The van der Waals surface area contributed by atoms with Crippen LogP contribution in [0.5, 0.6) is 0 Å². The van der Waals surface area contributed by atoms with Crippen LogP contribution in [0.1, 0.15) is 56.8 Å². The summed E-state index contributed by atoms with van der Waals surface area (Å²) in [5.41, 5.74) is 7.13. The molecule has 4 rings (SSSR count). The largest absolute Gasteiger partial charge is 0.416 e. The van der Waals surface area contributed by atoms with E-state index in [-0.39, 0.29) is 28.8 Å². The quantitative estimate of drug-likeness (QED) is 0.223. The van der Waals surface area contributed by atoms with E-state index in [1.54, 1.807) is 43.0 Å². The van der Waals surface area contributed by atoms with Crippen molar-refractivity contribution >= 4 is 51.9 Å². The van der Waals surface area contributed by atoms with Crippen LogP contribution in [0.3, 0.4) is 0 Å². The molecule has 0 saturated heterocycles. The number of hydrogen-bond donors (Lipinski definition) is 2. The van der Waals surface area contributed by atoms with Gasteiger partial charge in [0, 0.05) is 15.0 Å². The second-order valence-electron chi connectivity index (χ2n) is 10.5. The maximum Gasteiger partial charge on any atom is 0.416 e. The summed E-state index contributed by atoms with van der Waals surface area (Å²) in [6.45, 7) is 5.95. The number of aryl methyl sites for hydroxylation is 1. The van der Waals surface area contributed by atoms with Gasteiger partial charge in [0.1, 0.15) is 0 Å². The van der Waals surface area contributed by atoms with Crippen molar-refractivity contribution in [2.45, 2.75) is 38.9 Å². The van der Waals surface area contributed by atoms with Crippen molar-refractivity contribution < 1.29 is 22.8 Å². The Morgan fingerprint density at radius 2 is 1.72 bits per heavy atom. The molecule has 0 saturated carbocycles. The molecule has 0 fully saturated rings. The number of aromatic nitrogens is 4. The lowest BCUT2D eigenvalue weighted by molar-refractivity contribution is -0.137. The van der Waals surface area contributed by atoms with Crippen molar-refractivity contribution in [3.8, 4) is 5.69 Å². The van der Waals surface area contributed by atoms with Gasteiger partial charge in [0.25, 0.3) is 5.91 Å². The number of benzene rings is 3. The van der Waals surface area contributed by atoms with E-state index in [4.69, 9.17) is 5.73 Å². The minimum Gasteiger partial charge on any atom is -0.366 e. The molecule has 226 valence electrons. The summed E-state index contributed by atoms with van der Waals surface area (Å²) in [5.74, 6) is -0.382. The summed E-state index contributed by atoms with van der Waals surface area (Å²) in [6, 6.07) is 12.6. The van der Waals surface area contributed by atoms with Crippen molar-refractivity contribution in [2.24, 2.45) is 5.73 Å². The monoisotopic (exact) mass is 724 g/mol. The number of thioether (sulfide) groups is 1. The number of nitrogens with zero attached hydrogens (tertiary/aromatic N) is 4. The lowest BCUT2D eigenvalue weighted by atomic mass is 9.84. The van der Waals surface area contributed by atoms with Crippen LogP contribution in [-0.2, 0) is 18.1 Å². The van der Waals surface area contributed by atoms with E-state index in [2.05, 4.69) is 52.2 Å². The molecular weight excluding hydrogens is 696 g/mol. The van der Waals surface area contributed by atoms with E-state index >= 15 is 0 Å². The van der Waals surface area contributed by atoms with Gasteiger partial charge in [-0.1, -0.05) is 32.0 Å². The molecule has 1 heterocycles. The third kappa shape index (κ3) is 6.95. The van der Waals surface area contributed by atoms with Gasteiger partial charge in [-0.2, -0.15) is 34.3 Å². The molecule has 0 aliphatic heterocycles. The number of hydrogen-bond acceptors (Lipinski definition) is 6. The summed E-state index contributed by atoms with van der Waals surface area (Å²) >= 11 is 3.77. The third-order valence-electron chi connectivity index (χ3n) is 6.82. The first kappa shape index (κ1) is 32.3. The molecule has 4 aromatic rings. The lowest BCUT2D eigenvalue weighted by Crippen LogP contribution is -2.27. The van der Waals surface area contributed by atoms with Gasteiger partial charge in [-0.05, 0) is 105 Å². The van der Waals surface area contributed by atoms with E-state index in [1.165, 1.54) is 0 Å². The predicted molar refractivity (Wildman–Crippen MR) is 168 cm³/mol. The molecule has 14 heteroatoms. The Kier molecular flexibility index (Phi) is 9.39. The van der Waals surface area contributed by atoms with Gasteiger partial charge in [-0.3, -0.25) is 9.59 Å². The van der Waals surface area contributed by atoms with Crippen molar-refractivity contribution in [3.63, 3.8) is 0 Å². The van der Waals surface area contributed by atoms with Gasteiger partial charge >= 0.3 is 11.9 Å². The maximum absolute atomic E-state index is 13.5. The molecule has 9 nitrogen and oxygen atoms in total. The Balaban J connectivity index is 1.57. The van der Waals surface area contributed by atoms with Crippen molar-refractivity contribution in [2.75, 3.05) is 17.3 Å². The normalized spacial score (nSPS) is 11.9. The summed E-state index contributed by atoms with van der Waals surface area (Å²) in [6.07, 6.45) is -2.49. The highest BCUT2D eigenvalue weighted by molar-refractivity contribution is 14.1. The number of carbonyl (C=O) groups is 2. The van der Waals surface area contributed by atoms with Crippen LogP contribution in [0, 0.1) is 10.5 Å². The predicted octanol–water partition coefficient (Wildman–Crippen LogP) is 5.40. The zero-order chi connectivity index (χ0) is 31.7. The highest BCUT2D eigenvalue weighted by Gasteiger charge is 2.31. The van der Waals surface area contributed by atoms with Crippen molar-refractivity contribution in [1.29, 1.82) is 0 Å². The molecule has 0 aliphatic carbocycles. The third-order valence-corrected chi connectivity index (χ3v) is 8.95. The van der Waals surface area contributed by atoms with E-state index in [9.17, 15) is 27.6 Å². The number of nitrogens with two attached hydrogens (primary N) is 1. The summed E-state index contributed by atoms with van der Waals surface area (Å²) < 4.78 is 41.3. The number of alkyl halides is 3. The first-order chi connectivity index (χ1) is 20.1. The molecule has 2 amide bonds. The Labute approximate surface area is 263 Å². The molecule has 0 radical (unpaired) electrons. The van der Waals surface area contributed by atoms with Crippen LogP contribution >= 0.6 is 34.4 Å². The second-order valence-corrected chi connectivity index (χ2v) is 12.5. The molecule has 43 heavy (non-hydrogen) atoms. The molecule has 0 bridgehead atoms. The van der Waals surface area contributed by atoms with Gasteiger partial charge < -0.3 is 11.1 Å². The maximum atomic E-state index is 13.5. The number of rotatable bonds is 9. The van der Waals surface area contributed by atoms with E-state index in [0.29, 0.717) is 20.4 Å². The smallest absolute Gasteiger partial charge is 0.366 e. The number of halogens is 4. The lowest BCUT2D eigenvalue weighted by Gasteiger charge is -2.27. The summed E-state index contributed by atoms with van der Waals surface area (Å²) in [4.78, 5) is 38.6. The molecule has 0 spiro atoms. The fraction of sp³-hybridized carbons (Fsp3) is 0.276. The fourth-order valence-electron chi connectivity index (χ4n) is 4.61. The number of nitrogens with one attached hydrogen (secondary N) is 1. The summed E-state index contributed by atoms with van der Waals surface area (Å²) in [7, 11) is 0. The Morgan fingerprint density at radius 1 is 1.05 bits per heavy atom. The van der Waals surface area contributed by atoms with Crippen molar-refractivity contribution in [3.05, 3.63) is 102 Å².